The van der Waals surface area contributed by atoms with Gasteiger partial charge in [0.05, 0.1) is 25.4 Å². The zero-order valence-corrected chi connectivity index (χ0v) is 35.7. The second-order valence-corrected chi connectivity index (χ2v) is 18.2. The van der Waals surface area contributed by atoms with Crippen molar-refractivity contribution in [3.63, 3.8) is 0 Å². The molecule has 0 bridgehead atoms. The van der Waals surface area contributed by atoms with E-state index in [0.717, 1.165) is 73.5 Å². The van der Waals surface area contributed by atoms with Gasteiger partial charge in [0.1, 0.15) is 12.0 Å². The Balaban J connectivity index is 1.02. The van der Waals surface area contributed by atoms with Crippen molar-refractivity contribution >= 4 is 78.8 Å². The monoisotopic (exact) mass is 870 g/mol. The third kappa shape index (κ3) is 10.6. The Labute approximate surface area is 358 Å². The maximum atomic E-state index is 13.7. The Morgan fingerprint density at radius 3 is 2.39 bits per heavy atom. The van der Waals surface area contributed by atoms with E-state index >= 15 is 0 Å². The number of hydrogen-bond acceptors (Lipinski definition) is 11. The van der Waals surface area contributed by atoms with Crippen LogP contribution in [0.5, 0.6) is 0 Å². The van der Waals surface area contributed by atoms with Crippen molar-refractivity contribution in [2.24, 2.45) is 0 Å². The average molecular weight is 872 g/mol. The molecular weight excluding hydrogens is 828 g/mol. The molecule has 1 aliphatic rings. The number of anilines is 3. The van der Waals surface area contributed by atoms with Crippen LogP contribution in [-0.4, -0.2) is 91.7 Å². The van der Waals surface area contributed by atoms with Crippen LogP contribution in [0.25, 0.3) is 22.0 Å². The van der Waals surface area contributed by atoms with Crippen LogP contribution in [0.15, 0.2) is 125 Å². The Morgan fingerprint density at radius 1 is 0.881 bits per heavy atom. The summed E-state index contributed by atoms with van der Waals surface area (Å²) in [6, 6.07) is 33.4. The number of halogens is 2. The number of fused-ring (bicyclic) bond motifs is 1. The minimum Gasteiger partial charge on any atom is -0.376 e. The molecule has 1 fully saturated rings. The molecule has 0 aliphatic carbocycles. The van der Waals surface area contributed by atoms with Gasteiger partial charge in [-0.25, -0.2) is 18.4 Å². The summed E-state index contributed by atoms with van der Waals surface area (Å²) < 4.78 is 30.1. The molecule has 7 rings (SSSR count). The second kappa shape index (κ2) is 19.0. The zero-order valence-electron chi connectivity index (χ0n) is 32.6. The van der Waals surface area contributed by atoms with E-state index in [-0.39, 0.29) is 28.1 Å². The highest BCUT2D eigenvalue weighted by molar-refractivity contribution is 7.99. The van der Waals surface area contributed by atoms with E-state index in [0.29, 0.717) is 26.7 Å². The number of nitrogens with zero attached hydrogens (tertiary/aromatic N) is 6. The fraction of sp³-hybridized carbons (Fsp3) is 0.256. The lowest BCUT2D eigenvalue weighted by atomic mass is 9.99. The van der Waals surface area contributed by atoms with Crippen molar-refractivity contribution < 1.29 is 13.3 Å². The van der Waals surface area contributed by atoms with E-state index in [1.54, 1.807) is 17.8 Å². The van der Waals surface area contributed by atoms with Gasteiger partial charge in [0.2, 0.25) is 0 Å². The number of nitro groups is 1. The fourth-order valence-corrected chi connectivity index (χ4v) is 9.35. The summed E-state index contributed by atoms with van der Waals surface area (Å²) in [6.45, 7) is 4.81. The van der Waals surface area contributed by atoms with Gasteiger partial charge in [0, 0.05) is 66.6 Å². The minimum atomic E-state index is -4.27. The molecule has 6 aromatic rings. The fourth-order valence-electron chi connectivity index (χ4n) is 7.01. The van der Waals surface area contributed by atoms with Gasteiger partial charge in [-0.1, -0.05) is 71.7 Å². The molecule has 59 heavy (non-hydrogen) atoms. The molecular formula is C43H44Cl2N8O4S2. The minimum absolute atomic E-state index is 0.0820. The smallest absolute Gasteiger partial charge is 0.293 e. The molecule has 16 heteroatoms. The zero-order chi connectivity index (χ0) is 41.5. The maximum absolute atomic E-state index is 13.7. The van der Waals surface area contributed by atoms with Crippen LogP contribution in [0.3, 0.4) is 0 Å². The Kier molecular flexibility index (Phi) is 13.6. The normalized spacial score (nSPS) is 14.1. The van der Waals surface area contributed by atoms with Gasteiger partial charge < -0.3 is 15.1 Å². The van der Waals surface area contributed by atoms with E-state index in [4.69, 9.17) is 23.2 Å². The largest absolute Gasteiger partial charge is 0.376 e. The van der Waals surface area contributed by atoms with Crippen molar-refractivity contribution in [1.82, 2.24) is 19.8 Å². The molecule has 306 valence electrons. The number of nitro benzene ring substituents is 1. The van der Waals surface area contributed by atoms with E-state index in [9.17, 15) is 18.5 Å². The average Bonchev–Trinajstić information content (AvgIpc) is 3.23. The molecule has 0 saturated carbocycles. The van der Waals surface area contributed by atoms with Gasteiger partial charge in [-0.3, -0.25) is 19.7 Å². The van der Waals surface area contributed by atoms with Crippen LogP contribution in [0.4, 0.5) is 22.9 Å². The van der Waals surface area contributed by atoms with Crippen LogP contribution in [0, 0.1) is 10.1 Å². The number of aromatic nitrogens is 2. The molecule has 0 amide bonds. The lowest BCUT2D eigenvalue weighted by Gasteiger charge is -2.36. The quantitative estimate of drug-likeness (QED) is 0.0548. The van der Waals surface area contributed by atoms with Crippen LogP contribution in [-0.2, 0) is 16.6 Å². The van der Waals surface area contributed by atoms with Gasteiger partial charge in [0.15, 0.2) is 5.82 Å². The Hall–Kier alpha value is -4.96. The van der Waals surface area contributed by atoms with Crippen molar-refractivity contribution in [3.8, 4) is 11.1 Å². The molecule has 5 aromatic carbocycles. The first kappa shape index (κ1) is 42.2. The Morgan fingerprint density at radius 2 is 1.64 bits per heavy atom. The summed E-state index contributed by atoms with van der Waals surface area (Å²) in [5.41, 5.74) is 4.79. The summed E-state index contributed by atoms with van der Waals surface area (Å²) >= 11 is 14.2. The van der Waals surface area contributed by atoms with Crippen LogP contribution >= 0.6 is 35.0 Å². The van der Waals surface area contributed by atoms with Crippen molar-refractivity contribution in [3.05, 3.63) is 141 Å². The first-order valence-electron chi connectivity index (χ1n) is 19.1. The van der Waals surface area contributed by atoms with Crippen LogP contribution in [0.2, 0.25) is 10.0 Å². The molecule has 1 saturated heterocycles. The molecule has 1 atom stereocenters. The summed E-state index contributed by atoms with van der Waals surface area (Å²) in [4.78, 5) is 28.1. The van der Waals surface area contributed by atoms with Gasteiger partial charge in [-0.15, -0.1) is 11.8 Å². The van der Waals surface area contributed by atoms with Gasteiger partial charge >= 0.3 is 0 Å². The molecule has 2 N–H and O–H groups in total. The number of benzene rings is 5. The molecule has 1 aliphatic heterocycles. The number of thioether (sulfide) groups is 1. The van der Waals surface area contributed by atoms with Gasteiger partial charge in [-0.05, 0) is 98.3 Å². The first-order chi connectivity index (χ1) is 28.4. The molecule has 12 nitrogen and oxygen atoms in total. The standard InChI is InChI=1S/C43H44Cl2N8O4S2/c1-50(2)19-18-32(28-58-34-9-4-3-5-10-34)48-40-17-14-35(26-42(40)53(54)55)59(56,57)49-43-37-15-13-33(25-41(37)46-29-47-43)52-22-20-51(21-23-52)27-31-8-6-7-11-36(31)30-12-16-38(44)39(45)24-30/h3-17,24-26,29,32,48H,18-23,27-28H2,1-2H3,(H,46,47,49)/t32-/m1/s1. The van der Waals surface area contributed by atoms with Gasteiger partial charge in [-0.2, -0.15) is 0 Å². The predicted octanol–water partition coefficient (Wildman–Crippen LogP) is 9.16. The van der Waals surface area contributed by atoms with Gasteiger partial charge in [0.25, 0.3) is 15.7 Å². The number of sulfonamides is 1. The van der Waals surface area contributed by atoms with Crippen LogP contribution < -0.4 is 14.9 Å². The third-order valence-electron chi connectivity index (χ3n) is 10.2. The summed E-state index contributed by atoms with van der Waals surface area (Å²) in [6.07, 6.45) is 2.03. The topological polar surface area (TPSA) is 137 Å². The highest BCUT2D eigenvalue weighted by Crippen LogP contribution is 2.34. The number of rotatable bonds is 16. The van der Waals surface area contributed by atoms with Crippen molar-refractivity contribution in [1.29, 1.82) is 0 Å². The molecule has 2 heterocycles. The maximum Gasteiger partial charge on any atom is 0.293 e. The number of piperazine rings is 1. The number of hydrogen-bond donors (Lipinski definition) is 2. The van der Waals surface area contributed by atoms with E-state index in [1.165, 1.54) is 24.0 Å². The lowest BCUT2D eigenvalue weighted by Crippen LogP contribution is -2.46. The van der Waals surface area contributed by atoms with Crippen molar-refractivity contribution in [2.45, 2.75) is 28.8 Å². The third-order valence-corrected chi connectivity index (χ3v) is 13.4. The predicted molar refractivity (Wildman–Crippen MR) is 241 cm³/mol. The van der Waals surface area contributed by atoms with E-state index in [1.807, 2.05) is 86.9 Å². The van der Waals surface area contributed by atoms with E-state index in [2.05, 4.69) is 46.8 Å². The highest BCUT2D eigenvalue weighted by Gasteiger charge is 2.25. The summed E-state index contributed by atoms with van der Waals surface area (Å²) in [5.74, 6) is 0.741. The molecule has 0 unspecified atom stereocenters. The summed E-state index contributed by atoms with van der Waals surface area (Å²) in [5, 5.41) is 17.2. The van der Waals surface area contributed by atoms with Crippen LogP contribution in [0.1, 0.15) is 12.0 Å². The lowest BCUT2D eigenvalue weighted by molar-refractivity contribution is -0.384. The summed E-state index contributed by atoms with van der Waals surface area (Å²) in [7, 11) is -0.324. The molecule has 1 aromatic heterocycles. The highest BCUT2D eigenvalue weighted by atomic mass is 35.5. The SMILES string of the molecule is CN(C)CC[C@H](CSc1ccccc1)Nc1ccc(S(=O)(=O)Nc2ncnc3cc(N4CCN(Cc5ccccc5-c5ccc(Cl)c(Cl)c5)CC4)ccc23)cc1[N+](=O)[O-]. The Bertz CT molecular complexity index is 2540. The number of nitrogens with one attached hydrogen (secondary N) is 2. The van der Waals surface area contributed by atoms with E-state index < -0.39 is 14.9 Å². The molecule has 0 spiro atoms. The first-order valence-corrected chi connectivity index (χ1v) is 22.3. The second-order valence-electron chi connectivity index (χ2n) is 14.6. The van der Waals surface area contributed by atoms with Crippen molar-refractivity contribution in [2.75, 3.05) is 67.5 Å². The molecule has 0 radical (unpaired) electrons.